The van der Waals surface area contributed by atoms with Crippen LogP contribution in [-0.2, 0) is 9.53 Å². The molecular weight excluding hydrogens is 322 g/mol. The summed E-state index contributed by atoms with van der Waals surface area (Å²) in [6.07, 6.45) is 0. The normalized spacial score (nSPS) is 19.2. The highest BCUT2D eigenvalue weighted by atomic mass is 79.9. The van der Waals surface area contributed by atoms with Gasteiger partial charge in [0.1, 0.15) is 6.04 Å². The van der Waals surface area contributed by atoms with Gasteiger partial charge in [0.25, 0.3) is 0 Å². The maximum atomic E-state index is 12.3. The van der Waals surface area contributed by atoms with Crippen molar-refractivity contribution >= 4 is 33.2 Å². The number of carbonyl (C=O) groups is 1. The highest BCUT2D eigenvalue weighted by Crippen LogP contribution is 2.29. The average Bonchev–Trinajstić information content (AvgIpc) is 2.38. The molecule has 0 aliphatic carbocycles. The summed E-state index contributed by atoms with van der Waals surface area (Å²) >= 11 is 3.39. The number of nitrogens with one attached hydrogen (secondary N) is 1. The van der Waals surface area contributed by atoms with Crippen LogP contribution in [0.2, 0.25) is 0 Å². The Labute approximate surface area is 127 Å². The first kappa shape index (κ1) is 15.1. The number of rotatable bonds is 3. The zero-order valence-electron chi connectivity index (χ0n) is 11.7. The molecule has 1 saturated heterocycles. The molecule has 1 atom stereocenters. The van der Waals surface area contributed by atoms with Crippen molar-refractivity contribution in [3.8, 4) is 0 Å². The number of benzene rings is 1. The number of nitrogens with two attached hydrogens (primary N) is 1. The first-order chi connectivity index (χ1) is 9.49. The molecule has 1 aromatic carbocycles. The fraction of sp³-hybridized carbons (Fsp3) is 0.500. The van der Waals surface area contributed by atoms with Crippen molar-refractivity contribution < 1.29 is 9.53 Å². The van der Waals surface area contributed by atoms with Gasteiger partial charge in [-0.1, -0.05) is 15.9 Å². The van der Waals surface area contributed by atoms with Crippen molar-refractivity contribution in [1.82, 2.24) is 5.32 Å². The maximum Gasteiger partial charge on any atom is 0.245 e. The number of morpholine rings is 1. The largest absolute Gasteiger partial charge is 0.397 e. The molecule has 1 heterocycles. The maximum absolute atomic E-state index is 12.3. The number of hydrogen-bond acceptors (Lipinski definition) is 4. The van der Waals surface area contributed by atoms with Crippen LogP contribution in [0.15, 0.2) is 22.7 Å². The lowest BCUT2D eigenvalue weighted by molar-refractivity contribution is -0.125. The van der Waals surface area contributed by atoms with Gasteiger partial charge in [0.15, 0.2) is 0 Å². The van der Waals surface area contributed by atoms with Gasteiger partial charge in [-0.25, -0.2) is 0 Å². The van der Waals surface area contributed by atoms with Crippen LogP contribution < -0.4 is 16.0 Å². The summed E-state index contributed by atoms with van der Waals surface area (Å²) in [6.45, 7) is 5.52. The van der Waals surface area contributed by atoms with Crippen LogP contribution >= 0.6 is 15.9 Å². The minimum Gasteiger partial charge on any atom is -0.397 e. The molecule has 6 heteroatoms. The predicted molar refractivity (Wildman–Crippen MR) is 83.8 cm³/mol. The Morgan fingerprint density at radius 1 is 1.55 bits per heavy atom. The summed E-state index contributed by atoms with van der Waals surface area (Å²) < 4.78 is 6.37. The van der Waals surface area contributed by atoms with E-state index in [0.717, 1.165) is 10.2 Å². The molecule has 2 rings (SSSR count). The van der Waals surface area contributed by atoms with Gasteiger partial charge in [-0.2, -0.15) is 0 Å². The average molecular weight is 342 g/mol. The molecule has 0 aromatic heterocycles. The molecule has 1 unspecified atom stereocenters. The fourth-order valence-electron chi connectivity index (χ4n) is 2.28. The Morgan fingerprint density at radius 3 is 2.95 bits per heavy atom. The quantitative estimate of drug-likeness (QED) is 0.822. The topological polar surface area (TPSA) is 67.6 Å². The summed E-state index contributed by atoms with van der Waals surface area (Å²) in [7, 11) is 0. The van der Waals surface area contributed by atoms with Gasteiger partial charge in [0, 0.05) is 17.1 Å². The lowest BCUT2D eigenvalue weighted by atomic mass is 10.1. The number of amides is 1. The third-order valence-electron chi connectivity index (χ3n) is 3.16. The van der Waals surface area contributed by atoms with Gasteiger partial charge < -0.3 is 20.7 Å². The van der Waals surface area contributed by atoms with E-state index in [2.05, 4.69) is 21.2 Å². The number of carbonyl (C=O) groups excluding carboxylic acids is 1. The van der Waals surface area contributed by atoms with Gasteiger partial charge >= 0.3 is 0 Å². The molecular formula is C14H20BrN3O2. The molecule has 0 radical (unpaired) electrons. The van der Waals surface area contributed by atoms with Crippen molar-refractivity contribution in [2.24, 2.45) is 0 Å². The van der Waals surface area contributed by atoms with E-state index in [9.17, 15) is 4.79 Å². The van der Waals surface area contributed by atoms with E-state index in [4.69, 9.17) is 10.5 Å². The molecule has 20 heavy (non-hydrogen) atoms. The Kier molecular flexibility index (Phi) is 4.88. The highest BCUT2D eigenvalue weighted by Gasteiger charge is 2.30. The zero-order chi connectivity index (χ0) is 14.7. The first-order valence-corrected chi connectivity index (χ1v) is 7.48. The molecule has 1 aliphatic rings. The van der Waals surface area contributed by atoms with Crippen molar-refractivity contribution in [3.05, 3.63) is 22.7 Å². The molecule has 3 N–H and O–H groups in total. The summed E-state index contributed by atoms with van der Waals surface area (Å²) in [5.41, 5.74) is 7.60. The number of ether oxygens (including phenoxy) is 1. The third-order valence-corrected chi connectivity index (χ3v) is 3.65. The smallest absolute Gasteiger partial charge is 0.245 e. The molecule has 1 fully saturated rings. The van der Waals surface area contributed by atoms with E-state index in [1.807, 2.05) is 36.9 Å². The Morgan fingerprint density at radius 2 is 2.30 bits per heavy atom. The van der Waals surface area contributed by atoms with Gasteiger partial charge in [0.05, 0.1) is 24.6 Å². The molecule has 1 aromatic rings. The van der Waals surface area contributed by atoms with Crippen molar-refractivity contribution in [2.45, 2.75) is 25.9 Å². The van der Waals surface area contributed by atoms with Gasteiger partial charge in [-0.15, -0.1) is 0 Å². The van der Waals surface area contributed by atoms with E-state index in [1.165, 1.54) is 0 Å². The van der Waals surface area contributed by atoms with E-state index >= 15 is 0 Å². The molecule has 0 bridgehead atoms. The van der Waals surface area contributed by atoms with Crippen LogP contribution in [0.1, 0.15) is 13.8 Å². The Bertz CT molecular complexity index is 493. The monoisotopic (exact) mass is 341 g/mol. The minimum absolute atomic E-state index is 0.0259. The Balaban J connectivity index is 2.24. The second-order valence-electron chi connectivity index (χ2n) is 5.15. The lowest BCUT2D eigenvalue weighted by Crippen LogP contribution is -2.55. The summed E-state index contributed by atoms with van der Waals surface area (Å²) in [5, 5.41) is 2.93. The standard InChI is InChI=1S/C14H20BrN3O2/c1-9(2)17-14(19)13-8-20-6-5-18(13)12-4-3-10(15)7-11(12)16/h3-4,7,9,13H,5-6,8,16H2,1-2H3,(H,17,19). The number of hydrogen-bond donors (Lipinski definition) is 2. The van der Waals surface area contributed by atoms with Crippen LogP contribution in [0.3, 0.4) is 0 Å². The van der Waals surface area contributed by atoms with Crippen LogP contribution in [0.5, 0.6) is 0 Å². The summed E-state index contributed by atoms with van der Waals surface area (Å²) in [5.74, 6) is -0.0259. The highest BCUT2D eigenvalue weighted by molar-refractivity contribution is 9.10. The number of nitrogens with zero attached hydrogens (tertiary/aromatic N) is 1. The van der Waals surface area contributed by atoms with E-state index in [-0.39, 0.29) is 18.0 Å². The van der Waals surface area contributed by atoms with Crippen LogP contribution in [0, 0.1) is 0 Å². The SMILES string of the molecule is CC(C)NC(=O)C1COCCN1c1ccc(Br)cc1N. The zero-order valence-corrected chi connectivity index (χ0v) is 13.3. The van der Waals surface area contributed by atoms with Crippen LogP contribution in [0.4, 0.5) is 11.4 Å². The molecule has 0 saturated carbocycles. The van der Waals surface area contributed by atoms with Crippen LogP contribution in [0.25, 0.3) is 0 Å². The Hall–Kier alpha value is -1.27. The van der Waals surface area contributed by atoms with Gasteiger partial charge in [-0.3, -0.25) is 4.79 Å². The number of nitrogen functional groups attached to an aromatic ring is 1. The summed E-state index contributed by atoms with van der Waals surface area (Å²) in [4.78, 5) is 14.3. The number of anilines is 2. The molecule has 1 aliphatic heterocycles. The second kappa shape index (κ2) is 6.45. The first-order valence-electron chi connectivity index (χ1n) is 6.69. The second-order valence-corrected chi connectivity index (χ2v) is 6.07. The van der Waals surface area contributed by atoms with E-state index < -0.39 is 0 Å². The molecule has 110 valence electrons. The van der Waals surface area contributed by atoms with Gasteiger partial charge in [-0.05, 0) is 32.0 Å². The molecule has 0 spiro atoms. The van der Waals surface area contributed by atoms with Crippen molar-refractivity contribution in [3.63, 3.8) is 0 Å². The summed E-state index contributed by atoms with van der Waals surface area (Å²) in [6, 6.07) is 5.48. The van der Waals surface area contributed by atoms with Gasteiger partial charge in [0.2, 0.25) is 5.91 Å². The van der Waals surface area contributed by atoms with Crippen molar-refractivity contribution in [2.75, 3.05) is 30.4 Å². The molecule has 5 nitrogen and oxygen atoms in total. The predicted octanol–water partition coefficient (Wildman–Crippen LogP) is 1.76. The fourth-order valence-corrected chi connectivity index (χ4v) is 2.66. The molecule has 1 amide bonds. The third kappa shape index (κ3) is 3.43. The lowest BCUT2D eigenvalue weighted by Gasteiger charge is -2.37. The van der Waals surface area contributed by atoms with Crippen molar-refractivity contribution in [1.29, 1.82) is 0 Å². The van der Waals surface area contributed by atoms with E-state index in [1.54, 1.807) is 0 Å². The minimum atomic E-state index is -0.338. The van der Waals surface area contributed by atoms with E-state index in [0.29, 0.717) is 25.4 Å². The van der Waals surface area contributed by atoms with Crippen LogP contribution in [-0.4, -0.2) is 37.7 Å². The number of halogens is 1.